The van der Waals surface area contributed by atoms with Crippen molar-refractivity contribution >= 4 is 0 Å². The molecule has 1 aromatic rings. The van der Waals surface area contributed by atoms with E-state index in [0.29, 0.717) is 6.04 Å². The van der Waals surface area contributed by atoms with Crippen molar-refractivity contribution in [1.29, 1.82) is 0 Å². The van der Waals surface area contributed by atoms with Gasteiger partial charge < -0.3 is 5.32 Å². The van der Waals surface area contributed by atoms with Crippen LogP contribution in [-0.2, 0) is 0 Å². The first-order valence-corrected chi connectivity index (χ1v) is 5.87. The minimum Gasteiger partial charge on any atom is -0.314 e. The van der Waals surface area contributed by atoms with Crippen molar-refractivity contribution in [1.82, 2.24) is 15.2 Å². The Labute approximate surface area is 97.2 Å². The highest BCUT2D eigenvalue weighted by Crippen LogP contribution is 2.24. The zero-order chi connectivity index (χ0) is 11.2. The molecule has 1 atom stereocenters. The van der Waals surface area contributed by atoms with Crippen molar-refractivity contribution in [3.05, 3.63) is 42.7 Å². The van der Waals surface area contributed by atoms with Crippen LogP contribution in [0.1, 0.15) is 18.0 Å². The van der Waals surface area contributed by atoms with Gasteiger partial charge in [0.2, 0.25) is 0 Å². The maximum absolute atomic E-state index is 4.08. The lowest BCUT2D eigenvalue weighted by atomic mass is 10.0. The van der Waals surface area contributed by atoms with Crippen LogP contribution in [0, 0.1) is 0 Å². The highest BCUT2D eigenvalue weighted by molar-refractivity contribution is 5.16. The molecule has 0 unspecified atom stereocenters. The summed E-state index contributed by atoms with van der Waals surface area (Å²) >= 11 is 0. The maximum Gasteiger partial charge on any atom is 0.0384 e. The molecule has 0 radical (unpaired) electrons. The van der Waals surface area contributed by atoms with Crippen molar-refractivity contribution in [2.45, 2.75) is 12.5 Å². The van der Waals surface area contributed by atoms with Gasteiger partial charge in [-0.2, -0.15) is 0 Å². The second kappa shape index (κ2) is 5.77. The third-order valence-electron chi connectivity index (χ3n) is 3.07. The quantitative estimate of drug-likeness (QED) is 0.777. The van der Waals surface area contributed by atoms with Gasteiger partial charge >= 0.3 is 0 Å². The Kier molecular flexibility index (Phi) is 4.08. The van der Waals surface area contributed by atoms with Crippen LogP contribution in [0.5, 0.6) is 0 Å². The highest BCUT2D eigenvalue weighted by Gasteiger charge is 2.20. The summed E-state index contributed by atoms with van der Waals surface area (Å²) in [6.45, 7) is 8.25. The highest BCUT2D eigenvalue weighted by atomic mass is 15.2. The molecule has 2 heterocycles. The van der Waals surface area contributed by atoms with E-state index < -0.39 is 0 Å². The molecule has 1 aromatic heterocycles. The van der Waals surface area contributed by atoms with E-state index in [1.807, 2.05) is 18.5 Å². The number of rotatable bonds is 4. The van der Waals surface area contributed by atoms with E-state index in [9.17, 15) is 0 Å². The molecule has 0 aliphatic carbocycles. The van der Waals surface area contributed by atoms with Gasteiger partial charge in [-0.15, -0.1) is 6.58 Å². The summed E-state index contributed by atoms with van der Waals surface area (Å²) in [5, 5.41) is 3.38. The molecular weight excluding hydrogens is 198 g/mol. The molecule has 0 saturated carbocycles. The minimum atomic E-state index is 0.461. The van der Waals surface area contributed by atoms with Gasteiger partial charge in [-0.25, -0.2) is 0 Å². The fourth-order valence-electron chi connectivity index (χ4n) is 2.23. The smallest absolute Gasteiger partial charge is 0.0384 e. The van der Waals surface area contributed by atoms with Gasteiger partial charge in [0.15, 0.2) is 0 Å². The van der Waals surface area contributed by atoms with E-state index in [-0.39, 0.29) is 0 Å². The Hall–Kier alpha value is -1.19. The average molecular weight is 217 g/mol. The Balaban J connectivity index is 2.12. The van der Waals surface area contributed by atoms with Crippen LogP contribution in [0.2, 0.25) is 0 Å². The summed E-state index contributed by atoms with van der Waals surface area (Å²) in [6.07, 6.45) is 6.75. The first kappa shape index (κ1) is 11.3. The normalized spacial score (nSPS) is 19.2. The van der Waals surface area contributed by atoms with E-state index in [2.05, 4.69) is 33.9 Å². The van der Waals surface area contributed by atoms with E-state index in [0.717, 1.165) is 32.6 Å². The standard InChI is InChI=1S/C13H19N3/c1-2-3-13(12-4-6-14-7-5-12)16-10-8-15-9-11-16/h2,4-7,13,15H,1,3,8-11H2/t13-/m0/s1. The van der Waals surface area contributed by atoms with Crippen LogP contribution in [0.15, 0.2) is 37.2 Å². The van der Waals surface area contributed by atoms with Crippen molar-refractivity contribution in [3.63, 3.8) is 0 Å². The fraction of sp³-hybridized carbons (Fsp3) is 0.462. The third-order valence-corrected chi connectivity index (χ3v) is 3.07. The summed E-state index contributed by atoms with van der Waals surface area (Å²) in [7, 11) is 0. The summed E-state index contributed by atoms with van der Waals surface area (Å²) in [5.74, 6) is 0. The van der Waals surface area contributed by atoms with Crippen LogP contribution in [0.4, 0.5) is 0 Å². The van der Waals surface area contributed by atoms with Gasteiger partial charge in [0.1, 0.15) is 0 Å². The number of hydrogen-bond acceptors (Lipinski definition) is 3. The average Bonchev–Trinajstić information content (AvgIpc) is 2.38. The lowest BCUT2D eigenvalue weighted by Gasteiger charge is -2.34. The van der Waals surface area contributed by atoms with Crippen molar-refractivity contribution in [2.24, 2.45) is 0 Å². The molecule has 86 valence electrons. The van der Waals surface area contributed by atoms with Crippen LogP contribution >= 0.6 is 0 Å². The molecule has 1 fully saturated rings. The summed E-state index contributed by atoms with van der Waals surface area (Å²) in [4.78, 5) is 6.60. The van der Waals surface area contributed by atoms with E-state index in [1.165, 1.54) is 5.56 Å². The van der Waals surface area contributed by atoms with Gasteiger partial charge in [0.25, 0.3) is 0 Å². The zero-order valence-corrected chi connectivity index (χ0v) is 9.60. The molecule has 0 spiro atoms. The lowest BCUT2D eigenvalue weighted by molar-refractivity contribution is 0.174. The monoisotopic (exact) mass is 217 g/mol. The molecule has 0 amide bonds. The van der Waals surface area contributed by atoms with Crippen molar-refractivity contribution in [3.8, 4) is 0 Å². The Morgan fingerprint density at radius 1 is 1.38 bits per heavy atom. The first-order valence-electron chi connectivity index (χ1n) is 5.87. The number of piperazine rings is 1. The Morgan fingerprint density at radius 3 is 2.69 bits per heavy atom. The molecule has 0 aromatic carbocycles. The van der Waals surface area contributed by atoms with Crippen molar-refractivity contribution < 1.29 is 0 Å². The van der Waals surface area contributed by atoms with Crippen LogP contribution in [0.3, 0.4) is 0 Å². The van der Waals surface area contributed by atoms with Crippen LogP contribution in [0.25, 0.3) is 0 Å². The SMILES string of the molecule is C=CC[C@@H](c1ccncc1)N1CCNCC1. The Morgan fingerprint density at radius 2 is 2.06 bits per heavy atom. The molecule has 3 heteroatoms. The lowest BCUT2D eigenvalue weighted by Crippen LogP contribution is -2.45. The fourth-order valence-corrected chi connectivity index (χ4v) is 2.23. The first-order chi connectivity index (χ1) is 7.92. The molecule has 1 saturated heterocycles. The molecule has 0 bridgehead atoms. The van der Waals surface area contributed by atoms with E-state index in [4.69, 9.17) is 0 Å². The van der Waals surface area contributed by atoms with E-state index >= 15 is 0 Å². The summed E-state index contributed by atoms with van der Waals surface area (Å²) in [5.41, 5.74) is 1.34. The number of pyridine rings is 1. The molecule has 1 N–H and O–H groups in total. The second-order valence-corrected chi connectivity index (χ2v) is 4.11. The number of nitrogens with one attached hydrogen (secondary N) is 1. The second-order valence-electron chi connectivity index (χ2n) is 4.11. The third kappa shape index (κ3) is 2.68. The zero-order valence-electron chi connectivity index (χ0n) is 9.60. The molecule has 16 heavy (non-hydrogen) atoms. The molecule has 2 rings (SSSR count). The largest absolute Gasteiger partial charge is 0.314 e. The van der Waals surface area contributed by atoms with Crippen LogP contribution < -0.4 is 5.32 Å². The molecular formula is C13H19N3. The van der Waals surface area contributed by atoms with E-state index in [1.54, 1.807) is 0 Å². The maximum atomic E-state index is 4.08. The predicted octanol–water partition coefficient (Wildman–Crippen LogP) is 1.60. The summed E-state index contributed by atoms with van der Waals surface area (Å²) in [6, 6.07) is 4.68. The topological polar surface area (TPSA) is 28.2 Å². The Bertz CT molecular complexity index is 317. The molecule has 1 aliphatic heterocycles. The van der Waals surface area contributed by atoms with Gasteiger partial charge in [-0.3, -0.25) is 9.88 Å². The number of hydrogen-bond donors (Lipinski definition) is 1. The predicted molar refractivity (Wildman–Crippen MR) is 66.2 cm³/mol. The number of nitrogens with zero attached hydrogens (tertiary/aromatic N) is 2. The van der Waals surface area contributed by atoms with Gasteiger partial charge in [-0.1, -0.05) is 6.08 Å². The minimum absolute atomic E-state index is 0.461. The molecule has 3 nitrogen and oxygen atoms in total. The molecule has 1 aliphatic rings. The van der Waals surface area contributed by atoms with Crippen LogP contribution in [-0.4, -0.2) is 36.1 Å². The number of aromatic nitrogens is 1. The summed E-state index contributed by atoms with van der Waals surface area (Å²) < 4.78 is 0. The van der Waals surface area contributed by atoms with Gasteiger partial charge in [0.05, 0.1) is 0 Å². The van der Waals surface area contributed by atoms with Gasteiger partial charge in [-0.05, 0) is 24.1 Å². The van der Waals surface area contributed by atoms with Crippen molar-refractivity contribution in [2.75, 3.05) is 26.2 Å². The van der Waals surface area contributed by atoms with Gasteiger partial charge in [0, 0.05) is 44.6 Å².